The molecule has 1 rings (SSSR count). The highest BCUT2D eigenvalue weighted by Crippen LogP contribution is 2.11. The van der Waals surface area contributed by atoms with Crippen LogP contribution >= 0.6 is 8.53 Å². The Hall–Kier alpha value is 0.190. The zero-order valence-electron chi connectivity index (χ0n) is 6.50. The van der Waals surface area contributed by atoms with Crippen LogP contribution in [0.1, 0.15) is 6.42 Å². The van der Waals surface area contributed by atoms with Gasteiger partial charge in [0.15, 0.2) is 0 Å². The minimum atomic E-state index is -2.12. The molecule has 0 bridgehead atoms. The Morgan fingerprint density at radius 3 is 2.17 bits per heavy atom. The van der Waals surface area contributed by atoms with E-state index in [2.05, 4.69) is 5.50 Å². The van der Waals surface area contributed by atoms with Gasteiger partial charge in [-0.3, -0.25) is 5.50 Å². The summed E-state index contributed by atoms with van der Waals surface area (Å²) < 4.78 is 4.91. The molecule has 0 aromatic rings. The summed E-state index contributed by atoms with van der Waals surface area (Å²) in [4.78, 5) is 14.9. The van der Waals surface area contributed by atoms with Crippen LogP contribution < -0.4 is 5.50 Å². The number of aliphatic hydroxyl groups excluding tert-OH is 2. The molecule has 0 unspecified atom stereocenters. The number of hydrogen-bond donors (Lipinski definition) is 5. The summed E-state index contributed by atoms with van der Waals surface area (Å²) in [6.45, 7) is 0.508. The predicted octanol–water partition coefficient (Wildman–Crippen LogP) is -1.71. The van der Waals surface area contributed by atoms with E-state index in [-0.39, 0.29) is 12.7 Å². The summed E-state index contributed by atoms with van der Waals surface area (Å²) in [5.74, 6) is 0. The van der Waals surface area contributed by atoms with Gasteiger partial charge in [-0.05, 0) is 6.42 Å². The van der Waals surface area contributed by atoms with Crippen LogP contribution in [0.5, 0.6) is 0 Å². The Bertz CT molecular complexity index is 111. The molecular weight excluding hydrogens is 185 g/mol. The van der Waals surface area contributed by atoms with Crippen molar-refractivity contribution in [1.29, 1.82) is 0 Å². The number of aliphatic hydroxyl groups is 2. The second-order valence-electron chi connectivity index (χ2n) is 2.27. The second kappa shape index (κ2) is 6.68. The van der Waals surface area contributed by atoms with Gasteiger partial charge in [-0.15, -0.1) is 0 Å². The predicted molar refractivity (Wildman–Crippen MR) is 43.0 cm³/mol. The SMILES string of the molecule is NP(O)O.OC[C@H]1OCC[C@@H]1O. The Labute approximate surface area is 71.6 Å². The molecule has 0 radical (unpaired) electrons. The molecule has 1 saturated heterocycles. The summed E-state index contributed by atoms with van der Waals surface area (Å²) in [5.41, 5.74) is 4.29. The lowest BCUT2D eigenvalue weighted by Crippen LogP contribution is -2.24. The van der Waals surface area contributed by atoms with Crippen molar-refractivity contribution in [1.82, 2.24) is 0 Å². The first kappa shape index (κ1) is 12.2. The van der Waals surface area contributed by atoms with Crippen molar-refractivity contribution in [2.45, 2.75) is 18.6 Å². The summed E-state index contributed by atoms with van der Waals surface area (Å²) in [6, 6.07) is 0. The van der Waals surface area contributed by atoms with Crippen molar-refractivity contribution >= 4 is 8.53 Å². The highest BCUT2D eigenvalue weighted by atomic mass is 31.2. The van der Waals surface area contributed by atoms with Crippen LogP contribution in [0.4, 0.5) is 0 Å². The Morgan fingerprint density at radius 2 is 2.00 bits per heavy atom. The van der Waals surface area contributed by atoms with Crippen LogP contribution in [-0.2, 0) is 4.74 Å². The topological polar surface area (TPSA) is 116 Å². The first-order valence-electron chi connectivity index (χ1n) is 3.41. The molecule has 7 heteroatoms. The minimum absolute atomic E-state index is 0.0683. The number of ether oxygens (including phenoxy) is 1. The Morgan fingerprint density at radius 1 is 1.50 bits per heavy atom. The molecule has 0 spiro atoms. The lowest BCUT2D eigenvalue weighted by molar-refractivity contribution is 0.00406. The zero-order chi connectivity index (χ0) is 9.56. The third-order valence-electron chi connectivity index (χ3n) is 1.35. The largest absolute Gasteiger partial charge is 0.394 e. The van der Waals surface area contributed by atoms with Crippen molar-refractivity contribution in [3.05, 3.63) is 0 Å². The molecule has 0 amide bonds. The minimum Gasteiger partial charge on any atom is -0.394 e. The molecule has 2 atom stereocenters. The summed E-state index contributed by atoms with van der Waals surface area (Å²) >= 11 is 0. The first-order chi connectivity index (χ1) is 5.57. The van der Waals surface area contributed by atoms with E-state index in [1.54, 1.807) is 0 Å². The normalized spacial score (nSPS) is 28.5. The smallest absolute Gasteiger partial charge is 0.247 e. The van der Waals surface area contributed by atoms with Crippen LogP contribution in [0.15, 0.2) is 0 Å². The molecule has 6 nitrogen and oxygen atoms in total. The van der Waals surface area contributed by atoms with Gasteiger partial charge in [0.05, 0.1) is 12.7 Å². The van der Waals surface area contributed by atoms with Crippen molar-refractivity contribution in [2.75, 3.05) is 13.2 Å². The van der Waals surface area contributed by atoms with Crippen molar-refractivity contribution in [3.63, 3.8) is 0 Å². The van der Waals surface area contributed by atoms with Crippen LogP contribution in [0.25, 0.3) is 0 Å². The fraction of sp³-hybridized carbons (Fsp3) is 1.00. The molecule has 0 aromatic heterocycles. The average molecular weight is 199 g/mol. The van der Waals surface area contributed by atoms with Crippen LogP contribution in [0.3, 0.4) is 0 Å². The fourth-order valence-corrected chi connectivity index (χ4v) is 0.812. The highest BCUT2D eigenvalue weighted by molar-refractivity contribution is 7.42. The molecule has 1 fully saturated rings. The molecule has 74 valence electrons. The van der Waals surface area contributed by atoms with Gasteiger partial charge in [0.25, 0.3) is 0 Å². The maximum Gasteiger partial charge on any atom is 0.247 e. The summed E-state index contributed by atoms with van der Waals surface area (Å²) in [5, 5.41) is 17.4. The number of nitrogens with two attached hydrogens (primary N) is 1. The van der Waals surface area contributed by atoms with E-state index in [1.807, 2.05) is 0 Å². The highest BCUT2D eigenvalue weighted by Gasteiger charge is 2.24. The molecular formula is C5H14NO5P. The quantitative estimate of drug-likeness (QED) is 0.321. The van der Waals surface area contributed by atoms with E-state index >= 15 is 0 Å². The van der Waals surface area contributed by atoms with E-state index < -0.39 is 14.6 Å². The molecule has 1 aliphatic rings. The third-order valence-corrected chi connectivity index (χ3v) is 1.35. The standard InChI is InChI=1S/C5H10O3.H4NO2P/c6-3-5-4(7)1-2-8-5;1-4(2)3/h4-7H,1-3H2;2-3H,1H2/t4-,5+;/m0./s1. The lowest BCUT2D eigenvalue weighted by Gasteiger charge is -2.07. The second-order valence-corrected chi connectivity index (χ2v) is 2.91. The van der Waals surface area contributed by atoms with Crippen LogP contribution in [0.2, 0.25) is 0 Å². The maximum absolute atomic E-state index is 8.90. The maximum atomic E-state index is 8.90. The van der Waals surface area contributed by atoms with Gasteiger partial charge in [-0.1, -0.05) is 0 Å². The van der Waals surface area contributed by atoms with Crippen molar-refractivity contribution in [3.8, 4) is 0 Å². The van der Waals surface area contributed by atoms with Gasteiger partial charge in [0.1, 0.15) is 6.10 Å². The van der Waals surface area contributed by atoms with Gasteiger partial charge in [0, 0.05) is 6.61 Å². The molecule has 1 heterocycles. The van der Waals surface area contributed by atoms with Gasteiger partial charge >= 0.3 is 0 Å². The van der Waals surface area contributed by atoms with E-state index in [9.17, 15) is 0 Å². The third kappa shape index (κ3) is 5.79. The average Bonchev–Trinajstić information content (AvgIpc) is 2.33. The monoisotopic (exact) mass is 199 g/mol. The van der Waals surface area contributed by atoms with Crippen molar-refractivity contribution < 1.29 is 24.7 Å². The molecule has 0 saturated carbocycles. The Kier molecular flexibility index (Phi) is 6.78. The van der Waals surface area contributed by atoms with Gasteiger partial charge in [-0.2, -0.15) is 0 Å². The van der Waals surface area contributed by atoms with Crippen molar-refractivity contribution in [2.24, 2.45) is 5.50 Å². The number of hydrogen-bond acceptors (Lipinski definition) is 6. The molecule has 6 N–H and O–H groups in total. The molecule has 0 aliphatic carbocycles. The van der Waals surface area contributed by atoms with Gasteiger partial charge < -0.3 is 24.7 Å². The first-order valence-corrected chi connectivity index (χ1v) is 4.72. The van der Waals surface area contributed by atoms with Crippen LogP contribution in [0, 0.1) is 0 Å². The van der Waals surface area contributed by atoms with E-state index in [0.29, 0.717) is 13.0 Å². The fourth-order valence-electron chi connectivity index (χ4n) is 0.812. The van der Waals surface area contributed by atoms with E-state index in [1.165, 1.54) is 0 Å². The van der Waals surface area contributed by atoms with E-state index in [0.717, 1.165) is 0 Å². The lowest BCUT2D eigenvalue weighted by atomic mass is 10.2. The molecule has 12 heavy (non-hydrogen) atoms. The zero-order valence-corrected chi connectivity index (χ0v) is 7.39. The molecule has 1 aliphatic heterocycles. The molecule has 0 aromatic carbocycles. The summed E-state index contributed by atoms with van der Waals surface area (Å²) in [7, 11) is -2.12. The van der Waals surface area contributed by atoms with E-state index in [4.69, 9.17) is 24.7 Å². The van der Waals surface area contributed by atoms with Gasteiger partial charge in [-0.25, -0.2) is 0 Å². The Balaban J connectivity index is 0.000000261. The number of rotatable bonds is 1. The summed E-state index contributed by atoms with van der Waals surface area (Å²) in [6.07, 6.45) is -0.111. The van der Waals surface area contributed by atoms with Gasteiger partial charge in [0.2, 0.25) is 8.53 Å². The van der Waals surface area contributed by atoms with Crippen LogP contribution in [-0.4, -0.2) is 45.4 Å².